The van der Waals surface area contributed by atoms with E-state index in [1.165, 1.54) is 14.2 Å². The highest BCUT2D eigenvalue weighted by atomic mass is 35.6. The SMILES string of the molecule is COC(OCOC(OC)C(Cl)(Cl)Cl)C(Cl)(Cl)Cl. The Hall–Kier alpha value is 1.58. The van der Waals surface area contributed by atoms with Crippen molar-refractivity contribution in [1.82, 2.24) is 0 Å². The van der Waals surface area contributed by atoms with Crippen molar-refractivity contribution in [2.24, 2.45) is 0 Å². The lowest BCUT2D eigenvalue weighted by Gasteiger charge is -2.26. The first-order chi connectivity index (χ1) is 7.62. The summed E-state index contributed by atoms with van der Waals surface area (Å²) in [6.07, 6.45) is -2.25. The molecule has 104 valence electrons. The van der Waals surface area contributed by atoms with Crippen molar-refractivity contribution in [3.05, 3.63) is 0 Å². The quantitative estimate of drug-likeness (QED) is 0.528. The maximum atomic E-state index is 5.55. The number of rotatable bonds is 6. The largest absolute Gasteiger partial charge is 0.352 e. The molecule has 0 rings (SSSR count). The Labute approximate surface area is 129 Å². The molecule has 0 aliphatic heterocycles. The van der Waals surface area contributed by atoms with Crippen LogP contribution in [0.2, 0.25) is 0 Å². The fourth-order valence-corrected chi connectivity index (χ4v) is 1.67. The van der Waals surface area contributed by atoms with Gasteiger partial charge in [0.1, 0.15) is 0 Å². The molecule has 0 saturated heterocycles. The van der Waals surface area contributed by atoms with E-state index < -0.39 is 20.2 Å². The minimum absolute atomic E-state index is 0.348. The van der Waals surface area contributed by atoms with Crippen LogP contribution in [0.3, 0.4) is 0 Å². The third kappa shape index (κ3) is 7.67. The van der Waals surface area contributed by atoms with Gasteiger partial charge in [0.15, 0.2) is 6.79 Å². The van der Waals surface area contributed by atoms with Crippen molar-refractivity contribution in [3.8, 4) is 0 Å². The second-order valence-electron chi connectivity index (χ2n) is 2.67. The number of hydrogen-bond donors (Lipinski definition) is 0. The molecule has 10 heteroatoms. The molecule has 0 aromatic rings. The highest BCUT2D eigenvalue weighted by Gasteiger charge is 2.36. The Morgan fingerprint density at radius 1 is 0.765 bits per heavy atom. The zero-order valence-corrected chi connectivity index (χ0v) is 13.3. The van der Waals surface area contributed by atoms with Gasteiger partial charge in [-0.25, -0.2) is 0 Å². The molecule has 0 saturated carbocycles. The molecule has 0 amide bonds. The van der Waals surface area contributed by atoms with E-state index >= 15 is 0 Å². The number of methoxy groups -OCH3 is 2. The molecular weight excluding hydrogens is 361 g/mol. The minimum Gasteiger partial charge on any atom is -0.352 e. The van der Waals surface area contributed by atoms with Crippen molar-refractivity contribution >= 4 is 69.6 Å². The molecule has 0 spiro atoms. The van der Waals surface area contributed by atoms with Gasteiger partial charge in [0, 0.05) is 14.2 Å². The average Bonchev–Trinajstić information content (AvgIpc) is 2.13. The predicted molar refractivity (Wildman–Crippen MR) is 69.2 cm³/mol. The number of halogens is 6. The molecule has 0 aliphatic carbocycles. The summed E-state index contributed by atoms with van der Waals surface area (Å²) in [7, 11) is 2.60. The van der Waals surface area contributed by atoms with Crippen molar-refractivity contribution < 1.29 is 18.9 Å². The maximum absolute atomic E-state index is 5.55. The lowest BCUT2D eigenvalue weighted by Crippen LogP contribution is -2.35. The lowest BCUT2D eigenvalue weighted by molar-refractivity contribution is -0.232. The molecule has 0 aromatic heterocycles. The van der Waals surface area contributed by atoms with Crippen LogP contribution in [0, 0.1) is 0 Å². The normalized spacial score (nSPS) is 16.9. The van der Waals surface area contributed by atoms with E-state index in [0.29, 0.717) is 0 Å². The van der Waals surface area contributed by atoms with Gasteiger partial charge in [0.05, 0.1) is 0 Å². The molecule has 0 radical (unpaired) electrons. The van der Waals surface area contributed by atoms with E-state index in [4.69, 9.17) is 88.6 Å². The second-order valence-corrected chi connectivity index (χ2v) is 7.41. The van der Waals surface area contributed by atoms with E-state index in [2.05, 4.69) is 0 Å². The molecule has 0 heterocycles. The summed E-state index contributed by atoms with van der Waals surface area (Å²) in [5.41, 5.74) is 0. The van der Waals surface area contributed by atoms with Crippen LogP contribution in [0.4, 0.5) is 0 Å². The van der Waals surface area contributed by atoms with Crippen LogP contribution in [-0.4, -0.2) is 41.2 Å². The Balaban J connectivity index is 4.13. The van der Waals surface area contributed by atoms with Crippen LogP contribution < -0.4 is 0 Å². The minimum atomic E-state index is -1.76. The highest BCUT2D eigenvalue weighted by Crippen LogP contribution is 2.34. The van der Waals surface area contributed by atoms with Crippen LogP contribution in [0.5, 0.6) is 0 Å². The van der Waals surface area contributed by atoms with Crippen molar-refractivity contribution in [3.63, 3.8) is 0 Å². The second kappa shape index (κ2) is 8.00. The molecule has 2 unspecified atom stereocenters. The average molecular weight is 371 g/mol. The summed E-state index contributed by atoms with van der Waals surface area (Å²) in [6, 6.07) is 0. The van der Waals surface area contributed by atoms with Crippen molar-refractivity contribution in [1.29, 1.82) is 0 Å². The van der Waals surface area contributed by atoms with E-state index in [0.717, 1.165) is 0 Å². The first-order valence-electron chi connectivity index (χ1n) is 4.05. The summed E-state index contributed by atoms with van der Waals surface area (Å²) in [5.74, 6) is 0. The van der Waals surface area contributed by atoms with Crippen molar-refractivity contribution in [2.75, 3.05) is 21.0 Å². The van der Waals surface area contributed by atoms with Gasteiger partial charge in [-0.2, -0.15) is 0 Å². The number of ether oxygens (including phenoxy) is 4. The van der Waals surface area contributed by atoms with E-state index in [9.17, 15) is 0 Å². The first kappa shape index (κ1) is 18.6. The van der Waals surface area contributed by atoms with Crippen molar-refractivity contribution in [2.45, 2.75) is 20.2 Å². The van der Waals surface area contributed by atoms with Gasteiger partial charge in [-0.1, -0.05) is 69.6 Å². The monoisotopic (exact) mass is 368 g/mol. The summed E-state index contributed by atoms with van der Waals surface area (Å²) < 4.78 is 16.0. The number of alkyl halides is 6. The standard InChI is InChI=1S/C7H10Cl6O4/c1-14-4(6(8,9)10)16-3-17-5(15-2)7(11,12)13/h4-5H,3H2,1-2H3. The topological polar surface area (TPSA) is 36.9 Å². The fraction of sp³-hybridized carbons (Fsp3) is 1.00. The lowest BCUT2D eigenvalue weighted by atomic mass is 10.7. The van der Waals surface area contributed by atoms with Gasteiger partial charge in [-0.05, 0) is 0 Å². The molecule has 0 fully saturated rings. The van der Waals surface area contributed by atoms with Gasteiger partial charge >= 0.3 is 0 Å². The van der Waals surface area contributed by atoms with E-state index in [1.54, 1.807) is 0 Å². The Kier molecular flexibility index (Phi) is 8.74. The van der Waals surface area contributed by atoms with Gasteiger partial charge < -0.3 is 18.9 Å². The number of hydrogen-bond acceptors (Lipinski definition) is 4. The molecule has 4 nitrogen and oxygen atoms in total. The van der Waals surface area contributed by atoms with E-state index in [1.807, 2.05) is 0 Å². The Morgan fingerprint density at radius 2 is 1.06 bits per heavy atom. The zero-order valence-electron chi connectivity index (χ0n) is 8.76. The molecule has 0 aliphatic rings. The Bertz CT molecular complexity index is 193. The van der Waals surface area contributed by atoms with Crippen LogP contribution in [0.25, 0.3) is 0 Å². The molecule has 0 aromatic carbocycles. The predicted octanol–water partition coefficient (Wildman–Crippen LogP) is 3.66. The molecular formula is C7H10Cl6O4. The van der Waals surface area contributed by atoms with E-state index in [-0.39, 0.29) is 6.79 Å². The summed E-state index contributed by atoms with van der Waals surface area (Å²) in [6.45, 7) is -0.348. The van der Waals surface area contributed by atoms with Crippen LogP contribution in [0.15, 0.2) is 0 Å². The third-order valence-corrected chi connectivity index (χ3v) is 2.47. The maximum Gasteiger partial charge on any atom is 0.240 e. The van der Waals surface area contributed by atoms with Gasteiger partial charge in [-0.15, -0.1) is 0 Å². The molecule has 2 atom stereocenters. The van der Waals surface area contributed by atoms with Crippen LogP contribution in [-0.2, 0) is 18.9 Å². The first-order valence-corrected chi connectivity index (χ1v) is 6.32. The summed E-state index contributed by atoms with van der Waals surface area (Å²) in [4.78, 5) is 0. The zero-order chi connectivity index (χ0) is 13.7. The Morgan fingerprint density at radius 3 is 1.24 bits per heavy atom. The smallest absolute Gasteiger partial charge is 0.240 e. The molecule has 17 heavy (non-hydrogen) atoms. The van der Waals surface area contributed by atoms with Gasteiger partial charge in [0.25, 0.3) is 0 Å². The molecule has 0 N–H and O–H groups in total. The summed E-state index contributed by atoms with van der Waals surface area (Å²) in [5, 5.41) is 0. The van der Waals surface area contributed by atoms with Crippen LogP contribution in [0.1, 0.15) is 0 Å². The fourth-order valence-electron chi connectivity index (χ4n) is 0.755. The van der Waals surface area contributed by atoms with Gasteiger partial charge in [0.2, 0.25) is 20.2 Å². The molecule has 0 bridgehead atoms. The third-order valence-electron chi connectivity index (χ3n) is 1.40. The van der Waals surface area contributed by atoms with Gasteiger partial charge in [-0.3, -0.25) is 0 Å². The highest BCUT2D eigenvalue weighted by molar-refractivity contribution is 6.68. The summed E-state index contributed by atoms with van der Waals surface area (Å²) >= 11 is 33.3. The van der Waals surface area contributed by atoms with Crippen LogP contribution >= 0.6 is 69.6 Å².